The van der Waals surface area contributed by atoms with Crippen LogP contribution in [0.25, 0.3) is 0 Å². The summed E-state index contributed by atoms with van der Waals surface area (Å²) in [5, 5.41) is 8.88. The molecular formula is C9H14N2O2. The van der Waals surface area contributed by atoms with Crippen LogP contribution in [0, 0.1) is 5.92 Å². The van der Waals surface area contributed by atoms with Crippen LogP contribution >= 0.6 is 0 Å². The van der Waals surface area contributed by atoms with Crippen LogP contribution in [-0.2, 0) is 0 Å². The molecule has 0 radical (unpaired) electrons. The maximum atomic E-state index is 10.8. The summed E-state index contributed by atoms with van der Waals surface area (Å²) in [7, 11) is 0. The van der Waals surface area contributed by atoms with Gasteiger partial charge in [0.1, 0.15) is 0 Å². The fourth-order valence-electron chi connectivity index (χ4n) is 2.27. The minimum Gasteiger partial charge on any atom is -0.465 e. The number of allylic oxidation sites excluding steroid dienone is 1. The summed E-state index contributed by atoms with van der Waals surface area (Å²) < 4.78 is 0. The van der Waals surface area contributed by atoms with E-state index >= 15 is 0 Å². The first kappa shape index (κ1) is 8.56. The van der Waals surface area contributed by atoms with E-state index < -0.39 is 6.09 Å². The largest absolute Gasteiger partial charge is 0.465 e. The molecule has 1 aliphatic heterocycles. The van der Waals surface area contributed by atoms with E-state index in [0.717, 1.165) is 25.0 Å². The molecule has 0 bridgehead atoms. The van der Waals surface area contributed by atoms with Crippen LogP contribution in [0.5, 0.6) is 0 Å². The predicted octanol–water partition coefficient (Wildman–Crippen LogP) is 0.991. The Labute approximate surface area is 77.0 Å². The summed E-state index contributed by atoms with van der Waals surface area (Å²) in [5.74, 6) is 0.282. The highest BCUT2D eigenvalue weighted by atomic mass is 16.4. The number of hydrogen-bond acceptors (Lipinski definition) is 2. The highest BCUT2D eigenvalue weighted by molar-refractivity contribution is 5.68. The van der Waals surface area contributed by atoms with Crippen LogP contribution in [-0.4, -0.2) is 28.7 Å². The van der Waals surface area contributed by atoms with Crippen LogP contribution < -0.4 is 5.73 Å². The topological polar surface area (TPSA) is 66.6 Å². The van der Waals surface area contributed by atoms with E-state index in [0.29, 0.717) is 6.54 Å². The van der Waals surface area contributed by atoms with Crippen LogP contribution in [0.1, 0.15) is 19.3 Å². The lowest BCUT2D eigenvalue weighted by molar-refractivity contribution is 0.163. The fourth-order valence-corrected chi connectivity index (χ4v) is 2.27. The molecule has 4 heteroatoms. The number of nitrogens with zero attached hydrogens (tertiary/aromatic N) is 1. The summed E-state index contributed by atoms with van der Waals surface area (Å²) in [6, 6.07) is 0.157. The van der Waals surface area contributed by atoms with Crippen LogP contribution in [0.15, 0.2) is 11.8 Å². The van der Waals surface area contributed by atoms with Crippen molar-refractivity contribution in [3.8, 4) is 0 Å². The summed E-state index contributed by atoms with van der Waals surface area (Å²) in [5.41, 5.74) is 6.86. The zero-order chi connectivity index (χ0) is 9.42. The van der Waals surface area contributed by atoms with Crippen LogP contribution in [0.3, 0.4) is 0 Å². The van der Waals surface area contributed by atoms with E-state index in [4.69, 9.17) is 10.8 Å². The van der Waals surface area contributed by atoms with Gasteiger partial charge in [-0.2, -0.15) is 0 Å². The normalized spacial score (nSPS) is 32.7. The Morgan fingerprint density at radius 2 is 2.38 bits per heavy atom. The Hall–Kier alpha value is -1.03. The minimum absolute atomic E-state index is 0.157. The summed E-state index contributed by atoms with van der Waals surface area (Å²) >= 11 is 0. The highest BCUT2D eigenvalue weighted by Gasteiger charge is 2.36. The second kappa shape index (κ2) is 3.03. The Bertz CT molecular complexity index is 262. The number of rotatable bonds is 0. The zero-order valence-electron chi connectivity index (χ0n) is 7.44. The molecule has 0 aromatic rings. The molecule has 0 aromatic heterocycles. The van der Waals surface area contributed by atoms with Crippen molar-refractivity contribution in [1.82, 2.24) is 4.90 Å². The number of nitrogens with two attached hydrogens (primary N) is 1. The third-order valence-electron chi connectivity index (χ3n) is 2.96. The minimum atomic E-state index is -0.845. The smallest absolute Gasteiger partial charge is 0.411 e. The molecule has 0 saturated carbocycles. The molecule has 1 aliphatic carbocycles. The van der Waals surface area contributed by atoms with Gasteiger partial charge in [-0.25, -0.2) is 4.79 Å². The van der Waals surface area contributed by atoms with Gasteiger partial charge in [-0.15, -0.1) is 0 Å². The molecule has 2 unspecified atom stereocenters. The third kappa shape index (κ3) is 1.31. The number of carboxylic acid groups (broad SMARTS) is 1. The molecular weight excluding hydrogens is 168 g/mol. The molecule has 2 rings (SSSR count). The van der Waals surface area contributed by atoms with E-state index in [2.05, 4.69) is 0 Å². The molecule has 72 valence electrons. The summed E-state index contributed by atoms with van der Waals surface area (Å²) in [4.78, 5) is 12.2. The Kier molecular flexibility index (Phi) is 2.00. The SMILES string of the molecule is NC1CCC=C2C1CCN2C(=O)O. The lowest BCUT2D eigenvalue weighted by atomic mass is 9.88. The lowest BCUT2D eigenvalue weighted by Crippen LogP contribution is -2.34. The van der Waals surface area contributed by atoms with Crippen molar-refractivity contribution in [2.75, 3.05) is 6.54 Å². The molecule has 0 aromatic carbocycles. The van der Waals surface area contributed by atoms with E-state index in [1.165, 1.54) is 4.90 Å². The van der Waals surface area contributed by atoms with E-state index in [9.17, 15) is 4.79 Å². The van der Waals surface area contributed by atoms with Gasteiger partial charge in [-0.3, -0.25) is 4.90 Å². The summed E-state index contributed by atoms with van der Waals surface area (Å²) in [6.45, 7) is 0.611. The Morgan fingerprint density at radius 1 is 1.62 bits per heavy atom. The van der Waals surface area contributed by atoms with Crippen molar-refractivity contribution in [3.63, 3.8) is 0 Å². The molecule has 2 aliphatic rings. The third-order valence-corrected chi connectivity index (χ3v) is 2.96. The number of fused-ring (bicyclic) bond motifs is 1. The molecule has 1 fully saturated rings. The van der Waals surface area contributed by atoms with E-state index in [-0.39, 0.29) is 12.0 Å². The quantitative estimate of drug-likeness (QED) is 0.587. The van der Waals surface area contributed by atoms with Crippen molar-refractivity contribution in [1.29, 1.82) is 0 Å². The molecule has 1 heterocycles. The second-order valence-corrected chi connectivity index (χ2v) is 3.70. The number of carbonyl (C=O) groups is 1. The van der Waals surface area contributed by atoms with E-state index in [1.807, 2.05) is 6.08 Å². The van der Waals surface area contributed by atoms with Crippen LogP contribution in [0.4, 0.5) is 4.79 Å². The number of amides is 1. The van der Waals surface area contributed by atoms with Gasteiger partial charge in [0.15, 0.2) is 0 Å². The molecule has 2 atom stereocenters. The highest BCUT2D eigenvalue weighted by Crippen LogP contribution is 2.35. The van der Waals surface area contributed by atoms with Crippen molar-refractivity contribution in [3.05, 3.63) is 11.8 Å². The maximum absolute atomic E-state index is 10.8. The van der Waals surface area contributed by atoms with Gasteiger partial charge in [0.05, 0.1) is 0 Å². The standard InChI is InChI=1S/C9H14N2O2/c10-7-2-1-3-8-6(7)4-5-11(8)9(12)13/h3,6-7H,1-2,4-5,10H2,(H,12,13). The molecule has 3 N–H and O–H groups in total. The first-order valence-electron chi connectivity index (χ1n) is 4.66. The van der Waals surface area contributed by atoms with Crippen molar-refractivity contribution < 1.29 is 9.90 Å². The first-order chi connectivity index (χ1) is 6.20. The predicted molar refractivity (Wildman–Crippen MR) is 48.1 cm³/mol. The fraction of sp³-hybridized carbons (Fsp3) is 0.667. The first-order valence-corrected chi connectivity index (χ1v) is 4.66. The lowest BCUT2D eigenvalue weighted by Gasteiger charge is -2.26. The van der Waals surface area contributed by atoms with Gasteiger partial charge in [-0.05, 0) is 19.3 Å². The molecule has 4 nitrogen and oxygen atoms in total. The molecule has 1 amide bonds. The van der Waals surface area contributed by atoms with Crippen molar-refractivity contribution in [2.24, 2.45) is 11.7 Å². The Balaban J connectivity index is 2.22. The average Bonchev–Trinajstić information content (AvgIpc) is 2.48. The number of hydrogen-bond donors (Lipinski definition) is 2. The average molecular weight is 182 g/mol. The number of likely N-dealkylation sites (tertiary alicyclic amines) is 1. The molecule has 0 spiro atoms. The van der Waals surface area contributed by atoms with Gasteiger partial charge in [0.2, 0.25) is 0 Å². The molecule has 1 saturated heterocycles. The zero-order valence-corrected chi connectivity index (χ0v) is 7.44. The van der Waals surface area contributed by atoms with Gasteiger partial charge in [0, 0.05) is 24.2 Å². The maximum Gasteiger partial charge on any atom is 0.411 e. The van der Waals surface area contributed by atoms with Crippen molar-refractivity contribution >= 4 is 6.09 Å². The van der Waals surface area contributed by atoms with Gasteiger partial charge in [-0.1, -0.05) is 6.08 Å². The summed E-state index contributed by atoms with van der Waals surface area (Å²) in [6.07, 6.45) is 3.97. The monoisotopic (exact) mass is 182 g/mol. The van der Waals surface area contributed by atoms with Gasteiger partial charge in [0.25, 0.3) is 0 Å². The van der Waals surface area contributed by atoms with Gasteiger partial charge < -0.3 is 10.8 Å². The second-order valence-electron chi connectivity index (χ2n) is 3.70. The van der Waals surface area contributed by atoms with Crippen LogP contribution in [0.2, 0.25) is 0 Å². The van der Waals surface area contributed by atoms with Gasteiger partial charge >= 0.3 is 6.09 Å². The van der Waals surface area contributed by atoms with E-state index in [1.54, 1.807) is 0 Å². The Morgan fingerprint density at radius 3 is 3.08 bits per heavy atom. The van der Waals surface area contributed by atoms with Crippen molar-refractivity contribution in [2.45, 2.75) is 25.3 Å². The molecule has 13 heavy (non-hydrogen) atoms.